The van der Waals surface area contributed by atoms with Crippen LogP contribution in [0.25, 0.3) is 0 Å². The van der Waals surface area contributed by atoms with Gasteiger partial charge in [0, 0.05) is 6.42 Å². The van der Waals surface area contributed by atoms with Crippen LogP contribution in [0.1, 0.15) is 53.0 Å². The molecule has 1 aromatic carbocycles. The number of hydrogen-bond acceptors (Lipinski definition) is 6. The molecule has 0 aliphatic carbocycles. The van der Waals surface area contributed by atoms with Gasteiger partial charge < -0.3 is 19.5 Å². The molecule has 0 unspecified atom stereocenters. The Balaban J connectivity index is 2.72. The van der Waals surface area contributed by atoms with Crippen molar-refractivity contribution in [1.29, 1.82) is 0 Å². The van der Waals surface area contributed by atoms with Gasteiger partial charge in [0.25, 0.3) is 0 Å². The van der Waals surface area contributed by atoms with E-state index in [-0.39, 0.29) is 19.4 Å². The lowest BCUT2D eigenvalue weighted by atomic mass is 10.1. The summed E-state index contributed by atoms with van der Waals surface area (Å²) in [6.07, 6.45) is 0.645. The Hall–Kier alpha value is -2.83. The van der Waals surface area contributed by atoms with E-state index in [1.165, 1.54) is 6.08 Å². The van der Waals surface area contributed by atoms with Gasteiger partial charge in [-0.1, -0.05) is 36.9 Å². The van der Waals surface area contributed by atoms with E-state index in [0.717, 1.165) is 5.56 Å². The molecule has 0 bridgehead atoms. The Bertz CT molecular complexity index is 706. The molecule has 0 saturated heterocycles. The molecule has 0 aromatic heterocycles. The van der Waals surface area contributed by atoms with Gasteiger partial charge >= 0.3 is 18.0 Å². The van der Waals surface area contributed by atoms with Crippen molar-refractivity contribution in [2.45, 2.75) is 71.3 Å². The average molecular weight is 405 g/mol. The molecule has 0 radical (unpaired) electrons. The molecule has 0 saturated carbocycles. The van der Waals surface area contributed by atoms with E-state index in [1.54, 1.807) is 34.6 Å². The number of amides is 1. The normalized spacial score (nSPS) is 12.4. The maximum absolute atomic E-state index is 12.5. The summed E-state index contributed by atoms with van der Waals surface area (Å²) in [5, 5.41) is 2.47. The summed E-state index contributed by atoms with van der Waals surface area (Å²) in [7, 11) is 0. The first-order valence-electron chi connectivity index (χ1n) is 9.47. The Labute approximate surface area is 172 Å². The van der Waals surface area contributed by atoms with Crippen molar-refractivity contribution >= 4 is 18.0 Å². The fraction of sp³-hybridized carbons (Fsp3) is 0.500. The number of carbonyl (C=O) groups excluding carboxylic acids is 3. The number of alkyl carbamates (subject to hydrolysis) is 1. The number of carbonyl (C=O) groups is 3. The van der Waals surface area contributed by atoms with Crippen molar-refractivity contribution in [2.75, 3.05) is 0 Å². The first-order chi connectivity index (χ1) is 13.4. The van der Waals surface area contributed by atoms with E-state index in [9.17, 15) is 14.4 Å². The molecule has 1 rings (SSSR count). The number of esters is 2. The molecule has 0 spiro atoms. The van der Waals surface area contributed by atoms with E-state index < -0.39 is 35.3 Å². The van der Waals surface area contributed by atoms with Crippen LogP contribution in [0.15, 0.2) is 43.0 Å². The van der Waals surface area contributed by atoms with Gasteiger partial charge in [-0.3, -0.25) is 4.79 Å². The standard InChI is InChI=1S/C22H31NO6/c1-7-22(5,6)29-19(25)17(13-14-18(24)28-21(2,3)4)23-20(26)27-15-16-11-9-8-10-12-16/h7-12,17H,1,13-15H2,2-6H3,(H,23,26)/t17-/m0/s1. The molecule has 1 aromatic rings. The van der Waals surface area contributed by atoms with Crippen LogP contribution in [0.4, 0.5) is 4.79 Å². The molecule has 7 heteroatoms. The molecule has 7 nitrogen and oxygen atoms in total. The summed E-state index contributed by atoms with van der Waals surface area (Å²) in [6, 6.07) is 8.07. The quantitative estimate of drug-likeness (QED) is 0.380. The van der Waals surface area contributed by atoms with Gasteiger partial charge in [0.1, 0.15) is 23.9 Å². The lowest BCUT2D eigenvalue weighted by Gasteiger charge is -2.25. The highest BCUT2D eigenvalue weighted by molar-refractivity contribution is 5.82. The number of rotatable bonds is 9. The van der Waals surface area contributed by atoms with E-state index >= 15 is 0 Å². The van der Waals surface area contributed by atoms with E-state index in [0.29, 0.717) is 0 Å². The summed E-state index contributed by atoms with van der Waals surface area (Å²) >= 11 is 0. The van der Waals surface area contributed by atoms with Crippen molar-refractivity contribution in [3.8, 4) is 0 Å². The van der Waals surface area contributed by atoms with Crippen molar-refractivity contribution in [1.82, 2.24) is 5.32 Å². The highest BCUT2D eigenvalue weighted by atomic mass is 16.6. The average Bonchev–Trinajstić information content (AvgIpc) is 2.62. The number of nitrogens with one attached hydrogen (secondary N) is 1. The molecule has 1 N–H and O–H groups in total. The summed E-state index contributed by atoms with van der Waals surface area (Å²) in [6.45, 7) is 12.3. The zero-order chi connectivity index (χ0) is 22.1. The molecule has 1 amide bonds. The second-order valence-electron chi connectivity index (χ2n) is 8.11. The first-order valence-corrected chi connectivity index (χ1v) is 9.47. The van der Waals surface area contributed by atoms with Crippen LogP contribution < -0.4 is 5.32 Å². The van der Waals surface area contributed by atoms with E-state index in [2.05, 4.69) is 11.9 Å². The third-order valence-corrected chi connectivity index (χ3v) is 3.70. The van der Waals surface area contributed by atoms with Gasteiger partial charge in [-0.25, -0.2) is 9.59 Å². The summed E-state index contributed by atoms with van der Waals surface area (Å²) in [4.78, 5) is 36.7. The van der Waals surface area contributed by atoms with Gasteiger partial charge in [-0.2, -0.15) is 0 Å². The Morgan fingerprint density at radius 2 is 1.69 bits per heavy atom. The summed E-state index contributed by atoms with van der Waals surface area (Å²) in [5.41, 5.74) is -0.750. The minimum absolute atomic E-state index is 0.0153. The van der Waals surface area contributed by atoms with E-state index in [4.69, 9.17) is 14.2 Å². The minimum atomic E-state index is -1.06. The van der Waals surface area contributed by atoms with Crippen LogP contribution in [-0.4, -0.2) is 35.3 Å². The van der Waals surface area contributed by atoms with Crippen LogP contribution in [0.5, 0.6) is 0 Å². The van der Waals surface area contributed by atoms with Crippen molar-refractivity contribution in [3.05, 3.63) is 48.6 Å². The maximum Gasteiger partial charge on any atom is 0.408 e. The van der Waals surface area contributed by atoms with Crippen molar-refractivity contribution in [2.24, 2.45) is 0 Å². The van der Waals surface area contributed by atoms with Crippen LogP contribution in [0, 0.1) is 0 Å². The fourth-order valence-corrected chi connectivity index (χ4v) is 2.18. The minimum Gasteiger partial charge on any atom is -0.460 e. The molecule has 160 valence electrons. The monoisotopic (exact) mass is 405 g/mol. The molecular formula is C22H31NO6. The van der Waals surface area contributed by atoms with Gasteiger partial charge in [0.15, 0.2) is 0 Å². The summed E-state index contributed by atoms with van der Waals surface area (Å²) < 4.78 is 15.8. The van der Waals surface area contributed by atoms with E-state index in [1.807, 2.05) is 30.3 Å². The molecule has 0 fully saturated rings. The van der Waals surface area contributed by atoms with Crippen LogP contribution in [-0.2, 0) is 30.4 Å². The topological polar surface area (TPSA) is 90.9 Å². The second-order valence-corrected chi connectivity index (χ2v) is 8.11. The lowest BCUT2D eigenvalue weighted by Crippen LogP contribution is -2.45. The van der Waals surface area contributed by atoms with Gasteiger partial charge in [-0.15, -0.1) is 0 Å². The Morgan fingerprint density at radius 1 is 1.07 bits per heavy atom. The summed E-state index contributed by atoms with van der Waals surface area (Å²) in [5.74, 6) is -1.16. The van der Waals surface area contributed by atoms with Gasteiger partial charge in [-0.05, 0) is 52.7 Å². The highest BCUT2D eigenvalue weighted by Gasteiger charge is 2.29. The Morgan fingerprint density at radius 3 is 2.24 bits per heavy atom. The smallest absolute Gasteiger partial charge is 0.408 e. The molecule has 1 atom stereocenters. The predicted molar refractivity (Wildman–Crippen MR) is 109 cm³/mol. The predicted octanol–water partition coefficient (Wildman–Crippen LogP) is 3.91. The maximum atomic E-state index is 12.5. The fourth-order valence-electron chi connectivity index (χ4n) is 2.18. The zero-order valence-corrected chi connectivity index (χ0v) is 17.8. The van der Waals surface area contributed by atoms with Crippen LogP contribution in [0.3, 0.4) is 0 Å². The molecule has 29 heavy (non-hydrogen) atoms. The molecule has 0 aliphatic rings. The SMILES string of the molecule is C=CC(C)(C)OC(=O)[C@H](CCC(=O)OC(C)(C)C)NC(=O)OCc1ccccc1. The second kappa shape index (κ2) is 10.6. The van der Waals surface area contributed by atoms with Gasteiger partial charge in [0.05, 0.1) is 0 Å². The molecular weight excluding hydrogens is 374 g/mol. The van der Waals surface area contributed by atoms with Crippen LogP contribution in [0.2, 0.25) is 0 Å². The molecule has 0 heterocycles. The first kappa shape index (κ1) is 24.2. The number of ether oxygens (including phenoxy) is 3. The van der Waals surface area contributed by atoms with Crippen molar-refractivity contribution < 1.29 is 28.6 Å². The lowest BCUT2D eigenvalue weighted by molar-refractivity contribution is -0.157. The number of hydrogen-bond donors (Lipinski definition) is 1. The highest BCUT2D eigenvalue weighted by Crippen LogP contribution is 2.15. The third-order valence-electron chi connectivity index (χ3n) is 3.70. The third kappa shape index (κ3) is 10.3. The number of benzene rings is 1. The van der Waals surface area contributed by atoms with Crippen molar-refractivity contribution in [3.63, 3.8) is 0 Å². The Kier molecular flexibility index (Phi) is 8.88. The largest absolute Gasteiger partial charge is 0.460 e. The zero-order valence-electron chi connectivity index (χ0n) is 17.8. The van der Waals surface area contributed by atoms with Crippen LogP contribution >= 0.6 is 0 Å². The van der Waals surface area contributed by atoms with Gasteiger partial charge in [0.2, 0.25) is 0 Å². The molecule has 0 aliphatic heterocycles.